The fourth-order valence-corrected chi connectivity index (χ4v) is 5.96. The Morgan fingerprint density at radius 2 is 1.76 bits per heavy atom. The van der Waals surface area contributed by atoms with E-state index in [1.165, 1.54) is 44.2 Å². The van der Waals surface area contributed by atoms with Crippen LogP contribution in [0.2, 0.25) is 0 Å². The minimum atomic E-state index is -0.226. The molecule has 0 radical (unpaired) electrons. The molecular formula is C30H40FN5O. The number of carbonyl (C=O) groups is 1. The normalized spacial score (nSPS) is 17.5. The highest BCUT2D eigenvalue weighted by molar-refractivity contribution is 5.80. The zero-order chi connectivity index (χ0) is 25.6. The Bertz CT molecular complexity index is 1160. The number of benzene rings is 2. The van der Waals surface area contributed by atoms with Crippen molar-refractivity contribution in [1.29, 1.82) is 0 Å². The molecule has 0 bridgehead atoms. The lowest BCUT2D eigenvalue weighted by molar-refractivity contribution is -0.125. The molecule has 1 N–H and O–H groups in total. The van der Waals surface area contributed by atoms with Gasteiger partial charge in [-0.25, -0.2) is 9.37 Å². The Kier molecular flexibility index (Phi) is 8.39. The summed E-state index contributed by atoms with van der Waals surface area (Å²) < 4.78 is 15.7. The van der Waals surface area contributed by atoms with Gasteiger partial charge in [0.15, 0.2) is 0 Å². The molecule has 2 aromatic carbocycles. The zero-order valence-electron chi connectivity index (χ0n) is 22.0. The molecule has 2 fully saturated rings. The number of carbonyl (C=O) groups excluding carboxylic acids is 1. The fourth-order valence-electron chi connectivity index (χ4n) is 5.96. The summed E-state index contributed by atoms with van der Waals surface area (Å²) in [7, 11) is 2.23. The Labute approximate surface area is 219 Å². The standard InChI is InChI=1S/C30H40FN5O/c1-34(26-8-3-2-4-9-26)19-7-18-32-29(37)24-16-20-35(21-17-24)30-33-27-10-5-6-11-28(27)36(30)22-23-12-14-25(31)15-13-23/h5-6,10-15,24,26H,2-4,7-9,16-22H2,1H3,(H,32,37). The molecule has 1 aromatic heterocycles. The molecule has 1 aliphatic heterocycles. The summed E-state index contributed by atoms with van der Waals surface area (Å²) in [6, 6.07) is 15.5. The van der Waals surface area contributed by atoms with Gasteiger partial charge in [-0.05, 0) is 75.5 Å². The van der Waals surface area contributed by atoms with Crippen LogP contribution in [-0.4, -0.2) is 59.6 Å². The van der Waals surface area contributed by atoms with Crippen LogP contribution in [0.3, 0.4) is 0 Å². The smallest absolute Gasteiger partial charge is 0.223 e. The zero-order valence-corrected chi connectivity index (χ0v) is 22.0. The van der Waals surface area contributed by atoms with E-state index >= 15 is 0 Å². The number of rotatable bonds is 9. The number of hydrogen-bond acceptors (Lipinski definition) is 4. The van der Waals surface area contributed by atoms with E-state index < -0.39 is 0 Å². The van der Waals surface area contributed by atoms with Gasteiger partial charge in [-0.3, -0.25) is 4.79 Å². The molecular weight excluding hydrogens is 465 g/mol. The molecule has 1 aliphatic carbocycles. The summed E-state index contributed by atoms with van der Waals surface area (Å²) in [5.74, 6) is 0.952. The predicted molar refractivity (Wildman–Crippen MR) is 147 cm³/mol. The van der Waals surface area contributed by atoms with Crippen molar-refractivity contribution in [2.45, 2.75) is 64.0 Å². The number of aromatic nitrogens is 2. The molecule has 1 amide bonds. The van der Waals surface area contributed by atoms with Gasteiger partial charge in [-0.1, -0.05) is 43.5 Å². The number of fused-ring (bicyclic) bond motifs is 1. The van der Waals surface area contributed by atoms with E-state index in [-0.39, 0.29) is 17.6 Å². The van der Waals surface area contributed by atoms with E-state index in [0.717, 1.165) is 74.0 Å². The van der Waals surface area contributed by atoms with Crippen LogP contribution in [0.1, 0.15) is 56.9 Å². The molecule has 6 nitrogen and oxygen atoms in total. The van der Waals surface area contributed by atoms with Gasteiger partial charge in [-0.2, -0.15) is 0 Å². The summed E-state index contributed by atoms with van der Waals surface area (Å²) in [6.45, 7) is 4.04. The number of halogens is 1. The maximum atomic E-state index is 13.4. The molecule has 7 heteroatoms. The molecule has 0 unspecified atom stereocenters. The Hall–Kier alpha value is -2.93. The van der Waals surface area contributed by atoms with Gasteiger partial charge in [0.05, 0.1) is 17.6 Å². The summed E-state index contributed by atoms with van der Waals surface area (Å²) in [6.07, 6.45) is 9.38. The largest absolute Gasteiger partial charge is 0.356 e. The van der Waals surface area contributed by atoms with Crippen LogP contribution in [0.5, 0.6) is 0 Å². The third kappa shape index (κ3) is 6.32. The molecule has 1 saturated heterocycles. The summed E-state index contributed by atoms with van der Waals surface area (Å²) in [5, 5.41) is 3.20. The first-order valence-electron chi connectivity index (χ1n) is 14.0. The summed E-state index contributed by atoms with van der Waals surface area (Å²) in [4.78, 5) is 22.6. The van der Waals surface area contributed by atoms with Gasteiger partial charge in [0.1, 0.15) is 5.82 Å². The minimum Gasteiger partial charge on any atom is -0.356 e. The van der Waals surface area contributed by atoms with Gasteiger partial charge < -0.3 is 19.7 Å². The van der Waals surface area contributed by atoms with E-state index in [0.29, 0.717) is 6.54 Å². The van der Waals surface area contributed by atoms with Crippen LogP contribution in [0.4, 0.5) is 10.3 Å². The highest BCUT2D eigenvalue weighted by atomic mass is 19.1. The second kappa shape index (κ2) is 12.1. The van der Waals surface area contributed by atoms with Crippen molar-refractivity contribution in [3.05, 3.63) is 59.9 Å². The third-order valence-corrected chi connectivity index (χ3v) is 8.22. The van der Waals surface area contributed by atoms with Crippen molar-refractivity contribution in [1.82, 2.24) is 19.8 Å². The lowest BCUT2D eigenvalue weighted by atomic mass is 9.94. The Morgan fingerprint density at radius 3 is 2.51 bits per heavy atom. The van der Waals surface area contributed by atoms with E-state index in [2.05, 4.69) is 32.8 Å². The molecule has 37 heavy (non-hydrogen) atoms. The quantitative estimate of drug-likeness (QED) is 0.406. The fraction of sp³-hybridized carbons (Fsp3) is 0.533. The van der Waals surface area contributed by atoms with E-state index in [1.807, 2.05) is 30.3 Å². The van der Waals surface area contributed by atoms with Crippen LogP contribution in [0, 0.1) is 11.7 Å². The van der Waals surface area contributed by atoms with Crippen molar-refractivity contribution in [3.8, 4) is 0 Å². The van der Waals surface area contributed by atoms with Gasteiger partial charge in [-0.15, -0.1) is 0 Å². The lowest BCUT2D eigenvalue weighted by Gasteiger charge is -2.33. The molecule has 5 rings (SSSR count). The molecule has 3 aromatic rings. The maximum Gasteiger partial charge on any atom is 0.223 e. The molecule has 0 atom stereocenters. The lowest BCUT2D eigenvalue weighted by Crippen LogP contribution is -2.42. The maximum absolute atomic E-state index is 13.4. The predicted octanol–water partition coefficient (Wildman–Crippen LogP) is 5.21. The highest BCUT2D eigenvalue weighted by Gasteiger charge is 2.27. The number of nitrogens with zero attached hydrogens (tertiary/aromatic N) is 4. The van der Waals surface area contributed by atoms with Crippen LogP contribution in [0.15, 0.2) is 48.5 Å². The summed E-state index contributed by atoms with van der Waals surface area (Å²) >= 11 is 0. The number of piperidine rings is 1. The highest BCUT2D eigenvalue weighted by Crippen LogP contribution is 2.28. The van der Waals surface area contributed by atoms with Crippen molar-refractivity contribution in [3.63, 3.8) is 0 Å². The van der Waals surface area contributed by atoms with Crippen LogP contribution >= 0.6 is 0 Å². The average molecular weight is 506 g/mol. The van der Waals surface area contributed by atoms with E-state index in [9.17, 15) is 9.18 Å². The van der Waals surface area contributed by atoms with Gasteiger partial charge in [0.2, 0.25) is 11.9 Å². The van der Waals surface area contributed by atoms with Crippen molar-refractivity contribution >= 4 is 22.9 Å². The number of hydrogen-bond donors (Lipinski definition) is 1. The topological polar surface area (TPSA) is 53.4 Å². The van der Waals surface area contributed by atoms with E-state index in [1.54, 1.807) is 0 Å². The molecule has 2 heterocycles. The number of nitrogens with one attached hydrogen (secondary N) is 1. The number of amides is 1. The minimum absolute atomic E-state index is 0.0576. The first-order chi connectivity index (χ1) is 18.1. The van der Waals surface area contributed by atoms with Crippen LogP contribution in [0.25, 0.3) is 11.0 Å². The van der Waals surface area contributed by atoms with Gasteiger partial charge >= 0.3 is 0 Å². The van der Waals surface area contributed by atoms with Crippen LogP contribution in [-0.2, 0) is 11.3 Å². The van der Waals surface area contributed by atoms with Crippen molar-refractivity contribution < 1.29 is 9.18 Å². The first-order valence-corrected chi connectivity index (χ1v) is 14.0. The average Bonchev–Trinajstić information content (AvgIpc) is 3.31. The monoisotopic (exact) mass is 505 g/mol. The number of para-hydroxylation sites is 2. The van der Waals surface area contributed by atoms with Gasteiger partial charge in [0.25, 0.3) is 0 Å². The molecule has 2 aliphatic rings. The van der Waals surface area contributed by atoms with Crippen molar-refractivity contribution in [2.24, 2.45) is 5.92 Å². The SMILES string of the molecule is CN(CCCNC(=O)C1CCN(c2nc3ccccc3n2Cc2ccc(F)cc2)CC1)C1CCCCC1. The van der Waals surface area contributed by atoms with Crippen LogP contribution < -0.4 is 10.2 Å². The molecule has 0 spiro atoms. The molecule has 198 valence electrons. The van der Waals surface area contributed by atoms with Crippen molar-refractivity contribution in [2.75, 3.05) is 38.1 Å². The summed E-state index contributed by atoms with van der Waals surface area (Å²) in [5.41, 5.74) is 3.06. The molecule has 1 saturated carbocycles. The number of imidazole rings is 1. The second-order valence-electron chi connectivity index (χ2n) is 10.8. The second-order valence-corrected chi connectivity index (χ2v) is 10.8. The Balaban J connectivity index is 1.14. The Morgan fingerprint density at radius 1 is 1.03 bits per heavy atom. The first kappa shape index (κ1) is 25.7. The van der Waals surface area contributed by atoms with E-state index in [4.69, 9.17) is 4.98 Å². The third-order valence-electron chi connectivity index (χ3n) is 8.22. The number of anilines is 1. The van der Waals surface area contributed by atoms with Gasteiger partial charge in [0, 0.05) is 31.6 Å².